The predicted octanol–water partition coefficient (Wildman–Crippen LogP) is -0.902. The molecule has 0 aliphatic carbocycles. The van der Waals surface area contributed by atoms with Crippen molar-refractivity contribution < 1.29 is 88.4 Å². The number of benzene rings is 2. The molecule has 4 rings (SSSR count). The van der Waals surface area contributed by atoms with E-state index in [9.17, 15) is 55.2 Å². The van der Waals surface area contributed by atoms with E-state index in [1.165, 1.54) is 36.4 Å². The molecule has 280 valence electrons. The molecule has 2 aliphatic rings. The van der Waals surface area contributed by atoms with Crippen LogP contribution in [0.15, 0.2) is 42.5 Å². The van der Waals surface area contributed by atoms with E-state index in [1.54, 1.807) is 0 Å². The molecule has 2 fully saturated rings. The first-order valence-corrected chi connectivity index (χ1v) is 15.6. The number of hydrogen-bond acceptors (Lipinski definition) is 18. The van der Waals surface area contributed by atoms with Crippen molar-refractivity contribution in [2.75, 3.05) is 19.8 Å². The Morgan fingerprint density at radius 3 is 2.04 bits per heavy atom. The zero-order valence-electron chi connectivity index (χ0n) is 27.4. The standard InChI is InChI=1S/C33H40O18/c1-15(35)46-14-24-26(42)27(43)28(44)32(49-24)51-30-29(50-25(41)8-5-17-3-6-19(37)21(39)11-17)23(13-34)48-33(31(30)47-16(2)36)45-10-9-18-4-7-20(38)22(40)12-18/h3-8,11-12,23-24,26-34,37-40,42-44H,9-10,13-14H2,1-2H3. The number of phenols is 4. The molecule has 0 spiro atoms. The Hall–Kier alpha value is -4.53. The summed E-state index contributed by atoms with van der Waals surface area (Å²) in [6.07, 6.45) is -14.4. The number of rotatable bonds is 13. The number of phenolic OH excluding ortho intramolecular Hbond substituents is 4. The number of esters is 3. The van der Waals surface area contributed by atoms with Crippen LogP contribution in [0.3, 0.4) is 0 Å². The number of aliphatic hydroxyl groups is 4. The SMILES string of the molecule is CC(=O)OCC1OC(OC2C(OC(=O)C=Cc3ccc(O)c(O)c3)C(CO)OC(OCCc3ccc(O)c(O)c3)C2OC(C)=O)C(O)C(O)C1O. The monoisotopic (exact) mass is 724 g/mol. The number of aliphatic hydroxyl groups excluding tert-OH is 4. The number of hydrogen-bond donors (Lipinski definition) is 8. The summed E-state index contributed by atoms with van der Waals surface area (Å²) >= 11 is 0. The first kappa shape index (κ1) is 39.3. The molecular weight excluding hydrogens is 684 g/mol. The van der Waals surface area contributed by atoms with E-state index in [0.29, 0.717) is 5.56 Å². The van der Waals surface area contributed by atoms with Gasteiger partial charge in [0.1, 0.15) is 43.2 Å². The van der Waals surface area contributed by atoms with Gasteiger partial charge < -0.3 is 74.0 Å². The van der Waals surface area contributed by atoms with Crippen LogP contribution < -0.4 is 0 Å². The molecule has 2 aliphatic heterocycles. The van der Waals surface area contributed by atoms with Crippen molar-refractivity contribution in [1.82, 2.24) is 0 Å². The summed E-state index contributed by atoms with van der Waals surface area (Å²) in [5, 5.41) is 81.0. The van der Waals surface area contributed by atoms with Gasteiger partial charge in [-0.3, -0.25) is 9.59 Å². The maximum atomic E-state index is 13.1. The van der Waals surface area contributed by atoms with Crippen molar-refractivity contribution in [3.63, 3.8) is 0 Å². The van der Waals surface area contributed by atoms with Gasteiger partial charge in [0, 0.05) is 19.9 Å². The number of carbonyl (C=O) groups is 3. The summed E-state index contributed by atoms with van der Waals surface area (Å²) in [6.45, 7) is 0.606. The van der Waals surface area contributed by atoms with Crippen LogP contribution in [0.4, 0.5) is 0 Å². The molecular formula is C33H40O18. The summed E-state index contributed by atoms with van der Waals surface area (Å²) in [5.74, 6) is -4.24. The lowest BCUT2D eigenvalue weighted by Crippen LogP contribution is -2.66. The van der Waals surface area contributed by atoms with Crippen LogP contribution in [0.2, 0.25) is 0 Å². The summed E-state index contributed by atoms with van der Waals surface area (Å²) in [7, 11) is 0. The summed E-state index contributed by atoms with van der Waals surface area (Å²) in [5.41, 5.74) is 0.814. The van der Waals surface area contributed by atoms with Crippen LogP contribution >= 0.6 is 0 Å². The third kappa shape index (κ3) is 10.3. The third-order valence-electron chi connectivity index (χ3n) is 7.86. The molecule has 10 unspecified atom stereocenters. The Kier molecular flexibility index (Phi) is 13.6. The van der Waals surface area contributed by atoms with E-state index in [4.69, 9.17) is 33.2 Å². The fourth-order valence-corrected chi connectivity index (χ4v) is 5.29. The largest absolute Gasteiger partial charge is 0.504 e. The Morgan fingerprint density at radius 2 is 1.41 bits per heavy atom. The highest BCUT2D eigenvalue weighted by Gasteiger charge is 2.54. The first-order valence-electron chi connectivity index (χ1n) is 15.6. The molecule has 18 heteroatoms. The first-order chi connectivity index (χ1) is 24.2. The zero-order chi connectivity index (χ0) is 37.4. The second-order valence-corrected chi connectivity index (χ2v) is 11.6. The van der Waals surface area contributed by atoms with Gasteiger partial charge in [0.15, 0.2) is 47.8 Å². The van der Waals surface area contributed by atoms with Gasteiger partial charge in [-0.15, -0.1) is 0 Å². The molecule has 0 radical (unpaired) electrons. The van der Waals surface area contributed by atoms with Gasteiger partial charge in [0.25, 0.3) is 0 Å². The Labute approximate surface area is 290 Å². The molecule has 0 amide bonds. The average Bonchev–Trinajstić information content (AvgIpc) is 3.08. The molecule has 51 heavy (non-hydrogen) atoms. The Balaban J connectivity index is 1.64. The van der Waals surface area contributed by atoms with Gasteiger partial charge in [0.2, 0.25) is 0 Å². The minimum absolute atomic E-state index is 0.137. The Bertz CT molecular complexity index is 1550. The molecule has 0 saturated carbocycles. The highest BCUT2D eigenvalue weighted by molar-refractivity contribution is 5.87. The smallest absolute Gasteiger partial charge is 0.331 e. The molecule has 0 aromatic heterocycles. The lowest BCUT2D eigenvalue weighted by molar-refractivity contribution is -0.360. The van der Waals surface area contributed by atoms with Crippen LogP contribution in [0.5, 0.6) is 23.0 Å². The predicted molar refractivity (Wildman–Crippen MR) is 168 cm³/mol. The maximum Gasteiger partial charge on any atom is 0.331 e. The van der Waals surface area contributed by atoms with Gasteiger partial charge in [0.05, 0.1) is 13.2 Å². The summed E-state index contributed by atoms with van der Waals surface area (Å²) in [4.78, 5) is 36.9. The van der Waals surface area contributed by atoms with Crippen molar-refractivity contribution in [3.05, 3.63) is 53.6 Å². The highest BCUT2D eigenvalue weighted by Crippen LogP contribution is 2.34. The molecule has 2 heterocycles. The van der Waals surface area contributed by atoms with Crippen molar-refractivity contribution in [2.24, 2.45) is 0 Å². The maximum absolute atomic E-state index is 13.1. The average molecular weight is 725 g/mol. The normalized spacial score (nSPS) is 29.4. The third-order valence-corrected chi connectivity index (χ3v) is 7.86. The molecule has 2 aromatic rings. The minimum Gasteiger partial charge on any atom is -0.504 e. The van der Waals surface area contributed by atoms with Gasteiger partial charge in [-0.2, -0.15) is 0 Å². The number of ether oxygens (including phenoxy) is 7. The number of aromatic hydroxyl groups is 4. The molecule has 18 nitrogen and oxygen atoms in total. The summed E-state index contributed by atoms with van der Waals surface area (Å²) < 4.78 is 39.4. The van der Waals surface area contributed by atoms with Gasteiger partial charge in [-0.1, -0.05) is 12.1 Å². The second kappa shape index (κ2) is 17.6. The molecule has 10 atom stereocenters. The van der Waals surface area contributed by atoms with Gasteiger partial charge in [-0.25, -0.2) is 4.79 Å². The topological polar surface area (TPSA) is 278 Å². The molecule has 2 saturated heterocycles. The summed E-state index contributed by atoms with van der Waals surface area (Å²) in [6, 6.07) is 7.81. The van der Waals surface area contributed by atoms with E-state index >= 15 is 0 Å². The van der Waals surface area contributed by atoms with Crippen LogP contribution in [0.1, 0.15) is 25.0 Å². The molecule has 2 aromatic carbocycles. The molecule has 8 N–H and O–H groups in total. The van der Waals surface area contributed by atoms with Crippen molar-refractivity contribution in [1.29, 1.82) is 0 Å². The van der Waals surface area contributed by atoms with Crippen LogP contribution in [-0.4, -0.2) is 140 Å². The lowest BCUT2D eigenvalue weighted by atomic mass is 9.96. The van der Waals surface area contributed by atoms with E-state index in [2.05, 4.69) is 0 Å². The fourth-order valence-electron chi connectivity index (χ4n) is 5.29. The van der Waals surface area contributed by atoms with Crippen molar-refractivity contribution in [2.45, 2.75) is 81.7 Å². The van der Waals surface area contributed by atoms with E-state index in [-0.39, 0.29) is 30.1 Å². The fraction of sp³-hybridized carbons (Fsp3) is 0.485. The second-order valence-electron chi connectivity index (χ2n) is 11.6. The number of carbonyl (C=O) groups excluding carboxylic acids is 3. The minimum atomic E-state index is -1.96. The highest BCUT2D eigenvalue weighted by atomic mass is 16.8. The Morgan fingerprint density at radius 1 is 0.745 bits per heavy atom. The van der Waals surface area contributed by atoms with Crippen LogP contribution in [0, 0.1) is 0 Å². The van der Waals surface area contributed by atoms with Crippen LogP contribution in [-0.2, 0) is 54.0 Å². The molecule has 0 bridgehead atoms. The van der Waals surface area contributed by atoms with E-state index < -0.39 is 104 Å². The van der Waals surface area contributed by atoms with E-state index in [1.807, 2.05) is 0 Å². The van der Waals surface area contributed by atoms with Gasteiger partial charge in [-0.05, 0) is 47.9 Å². The quantitative estimate of drug-likeness (QED) is 0.0538. The van der Waals surface area contributed by atoms with Crippen molar-refractivity contribution in [3.8, 4) is 23.0 Å². The zero-order valence-corrected chi connectivity index (χ0v) is 27.4. The van der Waals surface area contributed by atoms with E-state index in [0.717, 1.165) is 26.0 Å². The van der Waals surface area contributed by atoms with Gasteiger partial charge >= 0.3 is 17.9 Å². The lowest BCUT2D eigenvalue weighted by Gasteiger charge is -2.47. The van der Waals surface area contributed by atoms with Crippen molar-refractivity contribution >= 4 is 24.0 Å². The van der Waals surface area contributed by atoms with Crippen LogP contribution in [0.25, 0.3) is 6.08 Å².